The van der Waals surface area contributed by atoms with Crippen LogP contribution in [0.2, 0.25) is 0 Å². The highest BCUT2D eigenvalue weighted by Crippen LogP contribution is 2.47. The van der Waals surface area contributed by atoms with Gasteiger partial charge in [0, 0.05) is 0 Å². The summed E-state index contributed by atoms with van der Waals surface area (Å²) in [7, 11) is 0. The molecule has 2 fully saturated rings. The summed E-state index contributed by atoms with van der Waals surface area (Å²) in [5.74, 6) is -0.597. The standard InChI is InChI=1S/C13H23NO2/c1-12(2)6-7-13(10-12,11(15)16)14-8-4-3-5-9-14/h3-10H2,1-2H3,(H,15,16). The van der Waals surface area contributed by atoms with Gasteiger partial charge < -0.3 is 5.11 Å². The van der Waals surface area contributed by atoms with Crippen LogP contribution in [0.5, 0.6) is 0 Å². The van der Waals surface area contributed by atoms with Gasteiger partial charge in [0.15, 0.2) is 0 Å². The van der Waals surface area contributed by atoms with Crippen molar-refractivity contribution in [1.29, 1.82) is 0 Å². The third-order valence-electron chi connectivity index (χ3n) is 4.35. The van der Waals surface area contributed by atoms with Gasteiger partial charge in [0.2, 0.25) is 0 Å². The molecular weight excluding hydrogens is 202 g/mol. The van der Waals surface area contributed by atoms with E-state index < -0.39 is 11.5 Å². The lowest BCUT2D eigenvalue weighted by molar-refractivity contribution is -0.152. The molecule has 1 aliphatic heterocycles. The Kier molecular flexibility index (Phi) is 2.99. The number of carboxylic acid groups (broad SMARTS) is 1. The lowest BCUT2D eigenvalue weighted by Crippen LogP contribution is -2.55. The first kappa shape index (κ1) is 11.9. The number of rotatable bonds is 2. The van der Waals surface area contributed by atoms with E-state index in [-0.39, 0.29) is 5.41 Å². The third-order valence-corrected chi connectivity index (χ3v) is 4.35. The van der Waals surface area contributed by atoms with Gasteiger partial charge >= 0.3 is 5.97 Å². The van der Waals surface area contributed by atoms with Gasteiger partial charge in [-0.2, -0.15) is 0 Å². The number of carbonyl (C=O) groups is 1. The number of piperidine rings is 1. The number of hydrogen-bond acceptors (Lipinski definition) is 2. The number of aliphatic carboxylic acids is 1. The fourth-order valence-electron chi connectivity index (χ4n) is 3.42. The highest BCUT2D eigenvalue weighted by Gasteiger charge is 2.52. The van der Waals surface area contributed by atoms with Crippen LogP contribution in [0.15, 0.2) is 0 Å². The zero-order valence-electron chi connectivity index (χ0n) is 10.5. The van der Waals surface area contributed by atoms with Crippen molar-refractivity contribution in [3.63, 3.8) is 0 Å². The zero-order chi connectivity index (χ0) is 11.8. The quantitative estimate of drug-likeness (QED) is 0.785. The average Bonchev–Trinajstić information content (AvgIpc) is 2.57. The molecule has 1 saturated carbocycles. The van der Waals surface area contributed by atoms with Crippen LogP contribution in [0.1, 0.15) is 52.4 Å². The first-order valence-corrected chi connectivity index (χ1v) is 6.45. The number of hydrogen-bond donors (Lipinski definition) is 1. The predicted octanol–water partition coefficient (Wildman–Crippen LogP) is 2.51. The lowest BCUT2D eigenvalue weighted by Gasteiger charge is -2.41. The van der Waals surface area contributed by atoms with Crippen molar-refractivity contribution in [2.24, 2.45) is 5.41 Å². The van der Waals surface area contributed by atoms with Gasteiger partial charge in [0.05, 0.1) is 0 Å². The van der Waals surface area contributed by atoms with Gasteiger partial charge in [-0.05, 0) is 50.6 Å². The smallest absolute Gasteiger partial charge is 0.324 e. The summed E-state index contributed by atoms with van der Waals surface area (Å²) in [6, 6.07) is 0. The maximum atomic E-state index is 11.7. The van der Waals surface area contributed by atoms with E-state index >= 15 is 0 Å². The molecular formula is C13H23NO2. The van der Waals surface area contributed by atoms with Crippen molar-refractivity contribution >= 4 is 5.97 Å². The maximum Gasteiger partial charge on any atom is 0.324 e. The van der Waals surface area contributed by atoms with Crippen LogP contribution in [0, 0.1) is 5.41 Å². The van der Waals surface area contributed by atoms with Gasteiger partial charge in [0.25, 0.3) is 0 Å². The molecule has 1 aliphatic carbocycles. The fraction of sp³-hybridized carbons (Fsp3) is 0.923. The SMILES string of the molecule is CC1(C)CCC(C(=O)O)(N2CCCCC2)C1. The van der Waals surface area contributed by atoms with Gasteiger partial charge in [-0.25, -0.2) is 0 Å². The molecule has 0 aromatic heterocycles. The molecule has 2 rings (SSSR count). The first-order valence-electron chi connectivity index (χ1n) is 6.45. The minimum absolute atomic E-state index is 0.190. The molecule has 1 N–H and O–H groups in total. The Hall–Kier alpha value is -0.570. The highest BCUT2D eigenvalue weighted by atomic mass is 16.4. The Balaban J connectivity index is 2.19. The second kappa shape index (κ2) is 4.02. The zero-order valence-corrected chi connectivity index (χ0v) is 10.5. The molecule has 1 unspecified atom stereocenters. The third kappa shape index (κ3) is 1.97. The van der Waals surface area contributed by atoms with Crippen molar-refractivity contribution in [3.05, 3.63) is 0 Å². The van der Waals surface area contributed by atoms with Crippen molar-refractivity contribution in [1.82, 2.24) is 4.90 Å². The molecule has 3 heteroatoms. The molecule has 16 heavy (non-hydrogen) atoms. The molecule has 1 atom stereocenters. The van der Waals surface area contributed by atoms with Crippen LogP contribution < -0.4 is 0 Å². The van der Waals surface area contributed by atoms with E-state index in [4.69, 9.17) is 0 Å². The lowest BCUT2D eigenvalue weighted by atomic mass is 9.86. The number of likely N-dealkylation sites (tertiary alicyclic amines) is 1. The van der Waals surface area contributed by atoms with E-state index in [0.29, 0.717) is 0 Å². The van der Waals surface area contributed by atoms with Crippen molar-refractivity contribution in [2.45, 2.75) is 57.9 Å². The van der Waals surface area contributed by atoms with Crippen molar-refractivity contribution in [2.75, 3.05) is 13.1 Å². The van der Waals surface area contributed by atoms with Gasteiger partial charge in [-0.1, -0.05) is 20.3 Å². The highest BCUT2D eigenvalue weighted by molar-refractivity contribution is 5.79. The minimum atomic E-state index is -0.597. The van der Waals surface area contributed by atoms with Gasteiger partial charge in [-0.15, -0.1) is 0 Å². The Morgan fingerprint density at radius 1 is 1.12 bits per heavy atom. The second-order valence-corrected chi connectivity index (χ2v) is 6.23. The van der Waals surface area contributed by atoms with E-state index in [2.05, 4.69) is 18.7 Å². The normalized spacial score (nSPS) is 35.1. The molecule has 1 saturated heterocycles. The average molecular weight is 225 g/mol. The van der Waals surface area contributed by atoms with E-state index in [0.717, 1.165) is 45.2 Å². The largest absolute Gasteiger partial charge is 0.480 e. The number of nitrogens with zero attached hydrogens (tertiary/aromatic N) is 1. The van der Waals surface area contributed by atoms with Gasteiger partial charge in [-0.3, -0.25) is 9.69 Å². The number of carboxylic acids is 1. The Morgan fingerprint density at radius 3 is 2.19 bits per heavy atom. The Labute approximate surface area is 97.8 Å². The van der Waals surface area contributed by atoms with E-state index in [9.17, 15) is 9.90 Å². The van der Waals surface area contributed by atoms with Crippen LogP contribution in [-0.4, -0.2) is 34.6 Å². The van der Waals surface area contributed by atoms with Crippen LogP contribution in [0.3, 0.4) is 0 Å². The maximum absolute atomic E-state index is 11.7. The molecule has 0 amide bonds. The minimum Gasteiger partial charge on any atom is -0.480 e. The van der Waals surface area contributed by atoms with E-state index in [1.165, 1.54) is 6.42 Å². The monoisotopic (exact) mass is 225 g/mol. The fourth-order valence-corrected chi connectivity index (χ4v) is 3.42. The summed E-state index contributed by atoms with van der Waals surface area (Å²) in [6.45, 7) is 6.34. The van der Waals surface area contributed by atoms with E-state index in [1.54, 1.807) is 0 Å². The molecule has 0 radical (unpaired) electrons. The topological polar surface area (TPSA) is 40.5 Å². The summed E-state index contributed by atoms with van der Waals surface area (Å²) in [6.07, 6.45) is 6.26. The molecule has 3 nitrogen and oxygen atoms in total. The Bertz CT molecular complexity index is 282. The predicted molar refractivity (Wildman–Crippen MR) is 63.4 cm³/mol. The van der Waals surface area contributed by atoms with Crippen molar-refractivity contribution in [3.8, 4) is 0 Å². The summed E-state index contributed by atoms with van der Waals surface area (Å²) >= 11 is 0. The van der Waals surface area contributed by atoms with Gasteiger partial charge in [0.1, 0.15) is 5.54 Å². The summed E-state index contributed by atoms with van der Waals surface area (Å²) < 4.78 is 0. The molecule has 0 aromatic carbocycles. The van der Waals surface area contributed by atoms with Crippen LogP contribution >= 0.6 is 0 Å². The van der Waals surface area contributed by atoms with Crippen LogP contribution in [0.25, 0.3) is 0 Å². The Morgan fingerprint density at radius 2 is 1.75 bits per heavy atom. The summed E-state index contributed by atoms with van der Waals surface area (Å²) in [5, 5.41) is 9.61. The van der Waals surface area contributed by atoms with Crippen LogP contribution in [-0.2, 0) is 4.79 Å². The van der Waals surface area contributed by atoms with E-state index in [1.807, 2.05) is 0 Å². The molecule has 0 spiro atoms. The first-order chi connectivity index (χ1) is 7.46. The summed E-state index contributed by atoms with van der Waals surface area (Å²) in [5.41, 5.74) is -0.361. The second-order valence-electron chi connectivity index (χ2n) is 6.23. The van der Waals surface area contributed by atoms with Crippen molar-refractivity contribution < 1.29 is 9.90 Å². The molecule has 0 aromatic rings. The molecule has 0 bridgehead atoms. The van der Waals surface area contributed by atoms with Crippen LogP contribution in [0.4, 0.5) is 0 Å². The summed E-state index contributed by atoms with van der Waals surface area (Å²) in [4.78, 5) is 13.9. The molecule has 92 valence electrons. The molecule has 2 aliphatic rings. The molecule has 1 heterocycles.